The molecule has 0 aliphatic rings. The van der Waals surface area contributed by atoms with Crippen LogP contribution in [0.15, 0.2) is 105 Å². The van der Waals surface area contributed by atoms with Crippen molar-refractivity contribution in [3.05, 3.63) is 113 Å². The predicted octanol–water partition coefficient (Wildman–Crippen LogP) is 5.19. The van der Waals surface area contributed by atoms with Crippen LogP contribution in [-0.2, 0) is 0 Å². The molecular weight excluding hydrogens is 426 g/mol. The van der Waals surface area contributed by atoms with Gasteiger partial charge in [-0.3, -0.25) is 4.79 Å². The van der Waals surface area contributed by atoms with Crippen LogP contribution in [0.5, 0.6) is 0 Å². The first-order valence-corrected chi connectivity index (χ1v) is 10.8. The second kappa shape index (κ2) is 7.97. The van der Waals surface area contributed by atoms with Crippen LogP contribution in [0.2, 0.25) is 0 Å². The highest BCUT2D eigenvalue weighted by Gasteiger charge is 2.16. The standard InChI is InChI=1S/C27H19N5O2/c1-18-29-23-13-7-6-12-22(23)27(33)32(18)28-16-20-17-31(21-10-3-2-4-11-21)30-26(20)25-15-19-9-5-8-14-24(19)34-25/h2-17H,1H3/b28-16+. The number of nitrogens with zero attached hydrogens (tertiary/aromatic N) is 5. The average molecular weight is 445 g/mol. The fourth-order valence-electron chi connectivity index (χ4n) is 3.98. The second-order valence-corrected chi connectivity index (χ2v) is 7.90. The van der Waals surface area contributed by atoms with E-state index in [1.165, 1.54) is 4.68 Å². The molecule has 3 aromatic heterocycles. The zero-order valence-electron chi connectivity index (χ0n) is 18.3. The van der Waals surface area contributed by atoms with Crippen molar-refractivity contribution in [1.29, 1.82) is 0 Å². The minimum Gasteiger partial charge on any atom is -0.454 e. The lowest BCUT2D eigenvalue weighted by Crippen LogP contribution is -2.20. The highest BCUT2D eigenvalue weighted by molar-refractivity contribution is 5.90. The number of fused-ring (bicyclic) bond motifs is 2. The molecule has 6 rings (SSSR count). The van der Waals surface area contributed by atoms with Crippen molar-refractivity contribution in [2.45, 2.75) is 6.92 Å². The Morgan fingerprint density at radius 2 is 1.71 bits per heavy atom. The topological polar surface area (TPSA) is 78.2 Å². The van der Waals surface area contributed by atoms with Gasteiger partial charge in [0.25, 0.3) is 5.56 Å². The summed E-state index contributed by atoms with van der Waals surface area (Å²) in [7, 11) is 0. The Hall–Kier alpha value is -4.78. The molecular formula is C27H19N5O2. The monoisotopic (exact) mass is 445 g/mol. The van der Waals surface area contributed by atoms with E-state index in [2.05, 4.69) is 10.1 Å². The van der Waals surface area contributed by atoms with E-state index < -0.39 is 0 Å². The minimum atomic E-state index is -0.222. The summed E-state index contributed by atoms with van der Waals surface area (Å²) in [5.41, 5.74) is 3.45. The van der Waals surface area contributed by atoms with Crippen LogP contribution in [0.1, 0.15) is 11.4 Å². The van der Waals surface area contributed by atoms with Crippen LogP contribution in [0.4, 0.5) is 0 Å². The third-order valence-electron chi connectivity index (χ3n) is 5.65. The van der Waals surface area contributed by atoms with Crippen LogP contribution in [0.3, 0.4) is 0 Å². The quantitative estimate of drug-likeness (QED) is 0.350. The normalized spacial score (nSPS) is 11.7. The van der Waals surface area contributed by atoms with E-state index in [1.54, 1.807) is 23.9 Å². The number of benzene rings is 3. The molecule has 7 nitrogen and oxygen atoms in total. The van der Waals surface area contributed by atoms with E-state index in [9.17, 15) is 4.79 Å². The summed E-state index contributed by atoms with van der Waals surface area (Å²) in [4.78, 5) is 17.6. The third kappa shape index (κ3) is 3.40. The van der Waals surface area contributed by atoms with Crippen molar-refractivity contribution in [3.8, 4) is 17.1 Å². The van der Waals surface area contributed by atoms with E-state index in [1.807, 2.05) is 85.1 Å². The molecule has 0 unspecified atom stereocenters. The molecule has 0 amide bonds. The Morgan fingerprint density at radius 1 is 0.941 bits per heavy atom. The molecule has 0 aliphatic heterocycles. The highest BCUT2D eigenvalue weighted by Crippen LogP contribution is 2.29. The first-order chi connectivity index (χ1) is 16.7. The van der Waals surface area contributed by atoms with Crippen molar-refractivity contribution < 1.29 is 4.42 Å². The van der Waals surface area contributed by atoms with Gasteiger partial charge in [-0.1, -0.05) is 48.5 Å². The number of hydrogen-bond donors (Lipinski definition) is 0. The number of para-hydroxylation sites is 3. The Labute approximate surface area is 194 Å². The Morgan fingerprint density at radius 3 is 2.56 bits per heavy atom. The van der Waals surface area contributed by atoms with Gasteiger partial charge in [0.15, 0.2) is 5.76 Å². The second-order valence-electron chi connectivity index (χ2n) is 7.90. The van der Waals surface area contributed by atoms with Gasteiger partial charge in [-0.05, 0) is 43.3 Å². The maximum Gasteiger partial charge on any atom is 0.282 e. The molecule has 0 N–H and O–H groups in total. The van der Waals surface area contributed by atoms with Gasteiger partial charge in [-0.2, -0.15) is 14.9 Å². The summed E-state index contributed by atoms with van der Waals surface area (Å²) in [6.45, 7) is 1.76. The van der Waals surface area contributed by atoms with Gasteiger partial charge in [0.2, 0.25) is 0 Å². The van der Waals surface area contributed by atoms with Crippen molar-refractivity contribution in [3.63, 3.8) is 0 Å². The fraction of sp³-hybridized carbons (Fsp3) is 0.0370. The molecule has 6 aromatic rings. The van der Waals surface area contributed by atoms with Gasteiger partial charge in [-0.25, -0.2) is 9.67 Å². The molecule has 3 heterocycles. The molecule has 0 saturated heterocycles. The largest absolute Gasteiger partial charge is 0.454 e. The van der Waals surface area contributed by atoms with Crippen LogP contribution < -0.4 is 5.56 Å². The maximum atomic E-state index is 13.0. The summed E-state index contributed by atoms with van der Waals surface area (Å²) >= 11 is 0. The zero-order valence-corrected chi connectivity index (χ0v) is 18.3. The van der Waals surface area contributed by atoms with Crippen molar-refractivity contribution >= 4 is 28.1 Å². The number of furan rings is 1. The predicted molar refractivity (Wildman–Crippen MR) is 133 cm³/mol. The van der Waals surface area contributed by atoms with E-state index in [0.29, 0.717) is 33.7 Å². The zero-order chi connectivity index (χ0) is 23.1. The molecule has 0 spiro atoms. The summed E-state index contributed by atoms with van der Waals surface area (Å²) in [6, 6.07) is 26.8. The Bertz CT molecular complexity index is 1710. The van der Waals surface area contributed by atoms with Gasteiger partial charge in [0.1, 0.15) is 17.1 Å². The van der Waals surface area contributed by atoms with Crippen LogP contribution in [0, 0.1) is 6.92 Å². The number of rotatable bonds is 4. The lowest BCUT2D eigenvalue weighted by atomic mass is 10.2. The molecule has 0 saturated carbocycles. The number of hydrogen-bond acceptors (Lipinski definition) is 5. The van der Waals surface area contributed by atoms with Gasteiger partial charge in [-0.15, -0.1) is 0 Å². The van der Waals surface area contributed by atoms with E-state index in [0.717, 1.165) is 16.7 Å². The molecule has 164 valence electrons. The molecule has 0 fully saturated rings. The summed E-state index contributed by atoms with van der Waals surface area (Å²) in [5.74, 6) is 1.12. The Kier molecular flexibility index (Phi) is 4.66. The van der Waals surface area contributed by atoms with Crippen LogP contribution in [-0.4, -0.2) is 25.7 Å². The lowest BCUT2D eigenvalue weighted by molar-refractivity contribution is 0.627. The molecule has 3 aromatic carbocycles. The molecule has 0 atom stereocenters. The minimum absolute atomic E-state index is 0.222. The molecule has 0 bridgehead atoms. The lowest BCUT2D eigenvalue weighted by Gasteiger charge is -2.04. The summed E-state index contributed by atoms with van der Waals surface area (Å²) in [5, 5.41) is 10.8. The SMILES string of the molecule is Cc1nc2ccccc2c(=O)n1/N=C/c1cn(-c2ccccc2)nc1-c1cc2ccccc2o1. The van der Waals surface area contributed by atoms with Crippen molar-refractivity contribution in [2.24, 2.45) is 5.10 Å². The molecule has 0 aliphatic carbocycles. The molecule has 7 heteroatoms. The smallest absolute Gasteiger partial charge is 0.282 e. The maximum absolute atomic E-state index is 13.0. The fourth-order valence-corrected chi connectivity index (χ4v) is 3.98. The average Bonchev–Trinajstić information content (AvgIpc) is 3.49. The summed E-state index contributed by atoms with van der Waals surface area (Å²) < 4.78 is 9.17. The van der Waals surface area contributed by atoms with Gasteiger partial charge >= 0.3 is 0 Å². The molecule has 34 heavy (non-hydrogen) atoms. The molecule has 0 radical (unpaired) electrons. The number of aryl methyl sites for hydroxylation is 1. The Balaban J connectivity index is 1.50. The van der Waals surface area contributed by atoms with Crippen molar-refractivity contribution in [2.75, 3.05) is 0 Å². The summed E-state index contributed by atoms with van der Waals surface area (Å²) in [6.07, 6.45) is 3.50. The number of aromatic nitrogens is 4. The van der Waals surface area contributed by atoms with Crippen LogP contribution >= 0.6 is 0 Å². The van der Waals surface area contributed by atoms with Gasteiger partial charge in [0.05, 0.1) is 22.8 Å². The van der Waals surface area contributed by atoms with E-state index in [-0.39, 0.29) is 5.56 Å². The van der Waals surface area contributed by atoms with E-state index >= 15 is 0 Å². The first kappa shape index (κ1) is 19.9. The van der Waals surface area contributed by atoms with Crippen molar-refractivity contribution in [1.82, 2.24) is 19.4 Å². The third-order valence-corrected chi connectivity index (χ3v) is 5.65. The van der Waals surface area contributed by atoms with Crippen LogP contribution in [0.25, 0.3) is 39.0 Å². The van der Waals surface area contributed by atoms with Gasteiger partial charge in [0, 0.05) is 17.1 Å². The van der Waals surface area contributed by atoms with Gasteiger partial charge < -0.3 is 4.42 Å². The first-order valence-electron chi connectivity index (χ1n) is 10.8. The highest BCUT2D eigenvalue weighted by atomic mass is 16.3. The van der Waals surface area contributed by atoms with E-state index in [4.69, 9.17) is 9.52 Å².